The Kier molecular flexibility index (Phi) is 6.67. The number of carbonyl (C=O) groups is 1. The Morgan fingerprint density at radius 3 is 2.50 bits per heavy atom. The van der Waals surface area contributed by atoms with E-state index in [-0.39, 0.29) is 5.91 Å². The van der Waals surface area contributed by atoms with Gasteiger partial charge in [0.05, 0.1) is 6.33 Å². The maximum absolute atomic E-state index is 13.2. The van der Waals surface area contributed by atoms with E-state index in [2.05, 4.69) is 25.6 Å². The molecule has 4 rings (SSSR count). The summed E-state index contributed by atoms with van der Waals surface area (Å²) in [5, 5.41) is 5.99. The highest BCUT2D eigenvalue weighted by molar-refractivity contribution is 6.10. The summed E-state index contributed by atoms with van der Waals surface area (Å²) in [6.45, 7) is 0.437. The molecule has 1 amide bonds. The second-order valence-electron chi connectivity index (χ2n) is 7.09. The number of H-pyrrole nitrogens is 1. The number of anilines is 1. The van der Waals surface area contributed by atoms with Crippen molar-refractivity contribution in [3.8, 4) is 11.1 Å². The maximum atomic E-state index is 13.2. The van der Waals surface area contributed by atoms with E-state index in [1.165, 1.54) is 24.3 Å². The van der Waals surface area contributed by atoms with Gasteiger partial charge in [-0.15, -0.1) is 0 Å². The molecule has 0 aliphatic rings. The Balaban J connectivity index is 1.53. The molecule has 160 valence electrons. The van der Waals surface area contributed by atoms with Crippen LogP contribution in [0.2, 0.25) is 0 Å². The Morgan fingerprint density at radius 1 is 0.969 bits per heavy atom. The molecule has 0 saturated carbocycles. The predicted octanol–water partition coefficient (Wildman–Crippen LogP) is 4.66. The average Bonchev–Trinajstić information content (AvgIpc) is 3.34. The SMILES string of the molecule is O=C(NC(=NCCc1cnc[nH]1)Nc1cccc(-c2ccccc2)c1)c1ccc(F)cc1. The van der Waals surface area contributed by atoms with E-state index in [1.54, 1.807) is 12.5 Å². The third-order valence-corrected chi connectivity index (χ3v) is 4.78. The summed E-state index contributed by atoms with van der Waals surface area (Å²) < 4.78 is 13.2. The highest BCUT2D eigenvalue weighted by Gasteiger charge is 2.10. The third-order valence-electron chi connectivity index (χ3n) is 4.78. The van der Waals surface area contributed by atoms with Gasteiger partial charge in [0.2, 0.25) is 5.96 Å². The minimum atomic E-state index is -0.397. The average molecular weight is 427 g/mol. The van der Waals surface area contributed by atoms with Crippen molar-refractivity contribution in [1.29, 1.82) is 0 Å². The number of carbonyl (C=O) groups excluding carboxylic acids is 1. The van der Waals surface area contributed by atoms with Crippen molar-refractivity contribution < 1.29 is 9.18 Å². The van der Waals surface area contributed by atoms with Gasteiger partial charge in [0.15, 0.2) is 0 Å². The quantitative estimate of drug-likeness (QED) is 0.309. The monoisotopic (exact) mass is 427 g/mol. The van der Waals surface area contributed by atoms with Crippen LogP contribution in [-0.4, -0.2) is 28.4 Å². The van der Waals surface area contributed by atoms with Gasteiger partial charge in [-0.25, -0.2) is 9.37 Å². The van der Waals surface area contributed by atoms with Crippen LogP contribution in [0.25, 0.3) is 11.1 Å². The van der Waals surface area contributed by atoms with E-state index in [4.69, 9.17) is 0 Å². The van der Waals surface area contributed by atoms with Crippen molar-refractivity contribution >= 4 is 17.6 Å². The number of nitrogens with one attached hydrogen (secondary N) is 3. The van der Waals surface area contributed by atoms with Gasteiger partial charge in [-0.2, -0.15) is 0 Å². The number of hydrogen-bond acceptors (Lipinski definition) is 3. The highest BCUT2D eigenvalue weighted by Crippen LogP contribution is 2.22. The second-order valence-corrected chi connectivity index (χ2v) is 7.09. The molecule has 3 aromatic carbocycles. The van der Waals surface area contributed by atoms with Gasteiger partial charge in [-0.1, -0.05) is 42.5 Å². The lowest BCUT2D eigenvalue weighted by Crippen LogP contribution is -2.36. The van der Waals surface area contributed by atoms with E-state index in [1.807, 2.05) is 54.6 Å². The second kappa shape index (κ2) is 10.2. The molecule has 0 saturated heterocycles. The molecule has 0 aliphatic heterocycles. The van der Waals surface area contributed by atoms with Crippen LogP contribution >= 0.6 is 0 Å². The van der Waals surface area contributed by atoms with Crippen LogP contribution < -0.4 is 10.6 Å². The first-order valence-electron chi connectivity index (χ1n) is 10.2. The maximum Gasteiger partial charge on any atom is 0.257 e. The zero-order valence-electron chi connectivity index (χ0n) is 17.3. The molecule has 32 heavy (non-hydrogen) atoms. The van der Waals surface area contributed by atoms with Crippen LogP contribution in [-0.2, 0) is 6.42 Å². The lowest BCUT2D eigenvalue weighted by molar-refractivity contribution is 0.0977. The van der Waals surface area contributed by atoms with Crippen molar-refractivity contribution in [2.75, 3.05) is 11.9 Å². The van der Waals surface area contributed by atoms with Crippen LogP contribution in [0.5, 0.6) is 0 Å². The Hall–Kier alpha value is -4.26. The standard InChI is InChI=1S/C25H22FN5O/c26-21-11-9-19(10-12-21)24(32)31-25(28-14-13-23-16-27-17-29-23)30-22-8-4-7-20(15-22)18-5-2-1-3-6-18/h1-12,15-17H,13-14H2,(H,27,29)(H2,28,30,31,32). The first-order chi connectivity index (χ1) is 15.7. The van der Waals surface area contributed by atoms with Crippen molar-refractivity contribution in [3.63, 3.8) is 0 Å². The summed E-state index contributed by atoms with van der Waals surface area (Å²) in [6, 6.07) is 23.2. The Labute approximate surface area is 185 Å². The minimum Gasteiger partial charge on any atom is -0.348 e. The molecule has 0 radical (unpaired) electrons. The number of nitrogens with zero attached hydrogens (tertiary/aromatic N) is 2. The summed E-state index contributed by atoms with van der Waals surface area (Å²) in [4.78, 5) is 24.2. The number of rotatable bonds is 6. The van der Waals surface area contributed by atoms with Gasteiger partial charge < -0.3 is 10.3 Å². The van der Waals surface area contributed by atoms with Gasteiger partial charge in [0, 0.05) is 36.1 Å². The van der Waals surface area contributed by atoms with E-state index < -0.39 is 5.82 Å². The van der Waals surface area contributed by atoms with Crippen LogP contribution in [0.4, 0.5) is 10.1 Å². The molecule has 0 spiro atoms. The molecule has 0 bridgehead atoms. The molecule has 7 heteroatoms. The fraction of sp³-hybridized carbons (Fsp3) is 0.0800. The van der Waals surface area contributed by atoms with Gasteiger partial charge in [-0.05, 0) is 47.5 Å². The molecule has 4 aromatic rings. The van der Waals surface area contributed by atoms with Crippen molar-refractivity contribution in [2.45, 2.75) is 6.42 Å². The minimum absolute atomic E-state index is 0.309. The first-order valence-corrected chi connectivity index (χ1v) is 10.2. The lowest BCUT2D eigenvalue weighted by atomic mass is 10.1. The summed E-state index contributed by atoms with van der Waals surface area (Å²) in [7, 11) is 0. The number of amides is 1. The fourth-order valence-electron chi connectivity index (χ4n) is 3.14. The summed E-state index contributed by atoms with van der Waals surface area (Å²) >= 11 is 0. The molecule has 1 aromatic heterocycles. The van der Waals surface area contributed by atoms with E-state index in [0.717, 1.165) is 22.5 Å². The zero-order valence-corrected chi connectivity index (χ0v) is 17.3. The zero-order chi connectivity index (χ0) is 22.2. The predicted molar refractivity (Wildman–Crippen MR) is 124 cm³/mol. The van der Waals surface area contributed by atoms with Crippen LogP contribution in [0.1, 0.15) is 16.1 Å². The van der Waals surface area contributed by atoms with Gasteiger partial charge in [0.25, 0.3) is 5.91 Å². The van der Waals surface area contributed by atoms with E-state index in [0.29, 0.717) is 24.5 Å². The van der Waals surface area contributed by atoms with Crippen LogP contribution in [0.15, 0.2) is 96.4 Å². The lowest BCUT2D eigenvalue weighted by Gasteiger charge is -2.13. The van der Waals surface area contributed by atoms with Crippen molar-refractivity contribution in [3.05, 3.63) is 108 Å². The Bertz CT molecular complexity index is 1190. The fourth-order valence-corrected chi connectivity index (χ4v) is 3.14. The molecule has 0 atom stereocenters. The largest absolute Gasteiger partial charge is 0.348 e. The number of halogens is 1. The van der Waals surface area contributed by atoms with Crippen LogP contribution in [0, 0.1) is 5.82 Å². The van der Waals surface area contributed by atoms with Crippen molar-refractivity contribution in [1.82, 2.24) is 15.3 Å². The number of imidazole rings is 1. The number of guanidine groups is 1. The molecule has 3 N–H and O–H groups in total. The molecule has 0 aliphatic carbocycles. The molecular weight excluding hydrogens is 405 g/mol. The Morgan fingerprint density at radius 2 is 1.75 bits per heavy atom. The number of aromatic amines is 1. The summed E-state index contributed by atoms with van der Waals surface area (Å²) in [5.41, 5.74) is 4.20. The summed E-state index contributed by atoms with van der Waals surface area (Å²) in [5.74, 6) is -0.466. The molecule has 1 heterocycles. The number of aliphatic imine (C=N–C) groups is 1. The molecular formula is C25H22FN5O. The van der Waals surface area contributed by atoms with Crippen LogP contribution in [0.3, 0.4) is 0 Å². The van der Waals surface area contributed by atoms with Gasteiger partial charge in [0.1, 0.15) is 5.82 Å². The first kappa shape index (κ1) is 21.0. The topological polar surface area (TPSA) is 82.2 Å². The highest BCUT2D eigenvalue weighted by atomic mass is 19.1. The number of aromatic nitrogens is 2. The molecule has 0 fully saturated rings. The molecule has 6 nitrogen and oxygen atoms in total. The van der Waals surface area contributed by atoms with Gasteiger partial charge in [-0.3, -0.25) is 15.1 Å². The van der Waals surface area contributed by atoms with Crippen molar-refractivity contribution in [2.24, 2.45) is 4.99 Å². The number of benzene rings is 3. The van der Waals surface area contributed by atoms with E-state index >= 15 is 0 Å². The number of hydrogen-bond donors (Lipinski definition) is 3. The van der Waals surface area contributed by atoms with E-state index in [9.17, 15) is 9.18 Å². The summed E-state index contributed by atoms with van der Waals surface area (Å²) in [6.07, 6.45) is 3.99. The smallest absolute Gasteiger partial charge is 0.257 e. The third kappa shape index (κ3) is 5.66. The molecule has 0 unspecified atom stereocenters. The normalized spacial score (nSPS) is 11.2. The van der Waals surface area contributed by atoms with Gasteiger partial charge >= 0.3 is 0 Å².